The van der Waals surface area contributed by atoms with Crippen LogP contribution < -0.4 is 0 Å². The van der Waals surface area contributed by atoms with Crippen molar-refractivity contribution in [2.24, 2.45) is 0 Å². The molecule has 21 heterocycles. The Hall–Kier alpha value is -6.83. The van der Waals surface area contributed by atoms with E-state index in [0.717, 1.165) is 29.9 Å². The van der Waals surface area contributed by atoms with Crippen LogP contribution in [0.25, 0.3) is 200 Å². The van der Waals surface area contributed by atoms with Crippen molar-refractivity contribution in [3.63, 3.8) is 0 Å². The van der Waals surface area contributed by atoms with Gasteiger partial charge in [-0.15, -0.1) is 238 Å². The number of hydrogen-bond donors (Lipinski definition) is 1. The molecule has 0 amide bonds. The van der Waals surface area contributed by atoms with E-state index in [4.69, 9.17) is 0 Å². The van der Waals surface area contributed by atoms with E-state index in [1.165, 1.54) is 181 Å². The molecule has 0 aliphatic carbocycles. The second-order valence-electron chi connectivity index (χ2n) is 24.6. The highest BCUT2D eigenvalue weighted by molar-refractivity contribution is 7.34. The molecule has 2 nitrogen and oxygen atoms in total. The quantitative estimate of drug-likeness (QED) is 0.0778. The molecule has 0 saturated carbocycles. The van der Waals surface area contributed by atoms with Crippen LogP contribution in [0.4, 0.5) is 0 Å². The molecule has 1 N–H and O–H groups in total. The SMILES string of the molecule is O=C(O)c1cc(-c2ccc(-c3cc(-c4ccc(-c5cc(-c6cccs6)c(-c6cccs6)s5)s4)c(-c4ccc(-c5cc(-c6cccs6)c(-c6cccs6)s5)s4)s3)s2)c(-c2ccc(-c3cc(-c4ccc(-c5cc(-c6cccs6)c(-c6cccs6)s5)s4)c(-c4ccc(-c5cc(-c6cccs6)c(-c6cccs6)s5)s4)s3)s2)s1. The lowest BCUT2D eigenvalue weighted by atomic mass is 10.1. The Labute approximate surface area is 704 Å². The lowest BCUT2D eigenvalue weighted by Gasteiger charge is -1.99. The highest BCUT2D eigenvalue weighted by Crippen LogP contribution is 2.59. The van der Waals surface area contributed by atoms with Gasteiger partial charge in [0.1, 0.15) is 4.88 Å². The Kier molecular flexibility index (Phi) is 18.8. The standard InChI is InChI=1S/C85H44O2S21/c86-85(87)77-43-50(57-19-22-60(98-57)75-41-48(55-17-20-58(96-55)71-37-44(51-9-1-29-88-51)78(102-71)64-13-5-33-92-64)82(106-75)68-26-23-61(99-68)73-39-46(53-11-3-31-90-53)80(104-73)66-15-7-35-94-66)84(108-77)70-28-25-63(101-70)76-42-49(56-18-21-59(97-56)72-38-45(52-10-2-30-89-52)79(103-72)65-14-6-34-93-65)83(107-76)69-27-24-62(100-69)74-40-47(54-12-4-32-91-54)81(105-74)67-16-8-36-95-67/h1-43H,(H,86,87). The predicted molar refractivity (Wildman–Crippen MR) is 498 cm³/mol. The van der Waals surface area contributed by atoms with Gasteiger partial charge < -0.3 is 5.11 Å². The topological polar surface area (TPSA) is 37.3 Å². The third-order valence-corrected chi connectivity index (χ3v) is 42.1. The van der Waals surface area contributed by atoms with Crippen molar-refractivity contribution in [1.82, 2.24) is 0 Å². The number of aromatic carboxylic acids is 1. The largest absolute Gasteiger partial charge is 0.477 e. The fourth-order valence-electron chi connectivity index (χ4n) is 13.1. The van der Waals surface area contributed by atoms with Gasteiger partial charge in [0.15, 0.2) is 0 Å². The summed E-state index contributed by atoms with van der Waals surface area (Å²) in [5, 5.41) is 28.2. The van der Waals surface area contributed by atoms with Crippen molar-refractivity contribution >= 4 is 244 Å². The Balaban J connectivity index is 0.641. The summed E-state index contributed by atoms with van der Waals surface area (Å²) < 4.78 is 0. The Bertz CT molecular complexity index is 5760. The average molecular weight is 1770 g/mol. The number of hydrogen-bond acceptors (Lipinski definition) is 22. The first-order valence-corrected chi connectivity index (χ1v) is 51.1. The van der Waals surface area contributed by atoms with Gasteiger partial charge in [0.05, 0.1) is 34.1 Å². The molecular weight excluding hydrogens is 1730 g/mol. The van der Waals surface area contributed by atoms with E-state index in [9.17, 15) is 9.90 Å². The highest BCUT2D eigenvalue weighted by Gasteiger charge is 2.28. The van der Waals surface area contributed by atoms with Crippen molar-refractivity contribution < 1.29 is 9.90 Å². The monoisotopic (exact) mass is 1770 g/mol. The molecule has 0 aliphatic heterocycles. The normalized spacial score (nSPS) is 11.8. The van der Waals surface area contributed by atoms with Gasteiger partial charge in [-0.1, -0.05) is 48.5 Å². The van der Waals surface area contributed by atoms with E-state index in [2.05, 4.69) is 249 Å². The summed E-state index contributed by atoms with van der Waals surface area (Å²) in [5.74, 6) is -0.917. The molecule has 0 bridgehead atoms. The zero-order valence-corrected chi connectivity index (χ0v) is 72.4. The third-order valence-electron chi connectivity index (χ3n) is 18.0. The fourth-order valence-corrected chi connectivity index (χ4v) is 35.0. The third kappa shape index (κ3) is 13.0. The molecule has 21 rings (SSSR count). The van der Waals surface area contributed by atoms with Crippen LogP contribution >= 0.6 is 238 Å². The summed E-state index contributed by atoms with van der Waals surface area (Å²) in [6.07, 6.45) is 0. The van der Waals surface area contributed by atoms with Gasteiger partial charge in [0.25, 0.3) is 0 Å². The van der Waals surface area contributed by atoms with Crippen LogP contribution in [0.5, 0.6) is 0 Å². The molecule has 0 atom stereocenters. The Morgan fingerprint density at radius 1 is 0.176 bits per heavy atom. The molecule has 0 fully saturated rings. The molecule has 21 aromatic heterocycles. The molecule has 0 aromatic carbocycles. The van der Waals surface area contributed by atoms with E-state index >= 15 is 0 Å². The highest BCUT2D eigenvalue weighted by atomic mass is 32.2. The van der Waals surface area contributed by atoms with Crippen LogP contribution in [0.2, 0.25) is 0 Å². The van der Waals surface area contributed by atoms with Crippen LogP contribution in [0, 0.1) is 0 Å². The second kappa shape index (κ2) is 29.4. The van der Waals surface area contributed by atoms with Gasteiger partial charge in [-0.3, -0.25) is 0 Å². The zero-order chi connectivity index (χ0) is 71.5. The number of thiophene rings is 21. The second-order valence-corrected chi connectivity index (χ2v) is 46.0. The van der Waals surface area contributed by atoms with E-state index < -0.39 is 5.97 Å². The smallest absolute Gasteiger partial charge is 0.345 e. The minimum absolute atomic E-state index is 0.327. The maximum atomic E-state index is 13.2. The van der Waals surface area contributed by atoms with Crippen LogP contribution in [-0.2, 0) is 0 Å². The summed E-state index contributed by atoms with van der Waals surface area (Å²) in [6.45, 7) is 0. The van der Waals surface area contributed by atoms with Gasteiger partial charge in [0, 0.05) is 166 Å². The van der Waals surface area contributed by atoms with Crippen LogP contribution in [0.15, 0.2) is 255 Å². The molecule has 0 unspecified atom stereocenters. The summed E-state index contributed by atoms with van der Waals surface area (Å²) in [7, 11) is 0. The fraction of sp³-hybridized carbons (Fsp3) is 0. The molecule has 522 valence electrons. The van der Waals surface area contributed by atoms with Crippen molar-refractivity contribution in [3.8, 4) is 200 Å². The van der Waals surface area contributed by atoms with Gasteiger partial charge in [-0.25, -0.2) is 4.79 Å². The minimum atomic E-state index is -0.917. The van der Waals surface area contributed by atoms with Crippen LogP contribution in [-0.4, -0.2) is 11.1 Å². The van der Waals surface area contributed by atoms with E-state index in [0.29, 0.717) is 4.88 Å². The predicted octanol–water partition coefficient (Wildman–Crippen LogP) is 36.0. The lowest BCUT2D eigenvalue weighted by molar-refractivity contribution is 0.0702. The van der Waals surface area contributed by atoms with Crippen molar-refractivity contribution in [2.45, 2.75) is 0 Å². The summed E-state index contributed by atoms with van der Waals surface area (Å²) in [5.41, 5.74) is 8.59. The number of carboxylic acids is 1. The molecule has 108 heavy (non-hydrogen) atoms. The van der Waals surface area contributed by atoms with E-state index in [1.807, 2.05) is 119 Å². The zero-order valence-electron chi connectivity index (χ0n) is 55.3. The van der Waals surface area contributed by atoms with Gasteiger partial charge in [-0.05, 0) is 207 Å². The Morgan fingerprint density at radius 2 is 0.361 bits per heavy atom. The molecule has 0 spiro atoms. The molecule has 0 saturated heterocycles. The summed E-state index contributed by atoms with van der Waals surface area (Å²) in [4.78, 5) is 54.5. The number of carboxylic acid groups (broad SMARTS) is 1. The van der Waals surface area contributed by atoms with Crippen LogP contribution in [0.3, 0.4) is 0 Å². The summed E-state index contributed by atoms with van der Waals surface area (Å²) >= 11 is 38.0. The lowest BCUT2D eigenvalue weighted by Crippen LogP contribution is -1.89. The number of rotatable bonds is 21. The molecular formula is C85H44O2S21. The van der Waals surface area contributed by atoms with Crippen molar-refractivity contribution in [3.05, 3.63) is 260 Å². The Morgan fingerprint density at radius 3 is 0.593 bits per heavy atom. The van der Waals surface area contributed by atoms with Gasteiger partial charge >= 0.3 is 5.97 Å². The first-order valence-electron chi connectivity index (χ1n) is 33.4. The molecule has 21 aromatic rings. The maximum absolute atomic E-state index is 13.2. The van der Waals surface area contributed by atoms with Crippen LogP contribution in [0.1, 0.15) is 9.67 Å². The first kappa shape index (κ1) is 69.1. The summed E-state index contributed by atoms with van der Waals surface area (Å²) in [6, 6.07) is 79.1. The average Bonchev–Trinajstić information content (AvgIpc) is 1.60. The maximum Gasteiger partial charge on any atom is 0.345 e. The van der Waals surface area contributed by atoms with Crippen molar-refractivity contribution in [2.75, 3.05) is 0 Å². The van der Waals surface area contributed by atoms with E-state index in [-0.39, 0.29) is 0 Å². The van der Waals surface area contributed by atoms with Gasteiger partial charge in [-0.2, -0.15) is 0 Å². The van der Waals surface area contributed by atoms with E-state index in [1.54, 1.807) is 113 Å². The van der Waals surface area contributed by atoms with Gasteiger partial charge in [0.2, 0.25) is 0 Å². The first-order chi connectivity index (χ1) is 53.2. The molecule has 0 radical (unpaired) electrons. The van der Waals surface area contributed by atoms with Crippen molar-refractivity contribution in [1.29, 1.82) is 0 Å². The minimum Gasteiger partial charge on any atom is -0.477 e. The number of carbonyl (C=O) groups is 1. The molecule has 23 heteroatoms. The molecule has 0 aliphatic rings.